The zero-order chi connectivity index (χ0) is 22.0. The van der Waals surface area contributed by atoms with Crippen molar-refractivity contribution in [1.29, 1.82) is 0 Å². The molecule has 4 aromatic rings. The summed E-state index contributed by atoms with van der Waals surface area (Å²) in [5.41, 5.74) is 2.45. The van der Waals surface area contributed by atoms with Gasteiger partial charge in [-0.3, -0.25) is 9.36 Å². The quantitative estimate of drug-likeness (QED) is 0.459. The third kappa shape index (κ3) is 3.77. The van der Waals surface area contributed by atoms with Gasteiger partial charge in [0.25, 0.3) is 5.56 Å². The highest BCUT2D eigenvalue weighted by Crippen LogP contribution is 2.23. The van der Waals surface area contributed by atoms with Gasteiger partial charge in [-0.25, -0.2) is 14.3 Å². The largest absolute Gasteiger partial charge is 0.495 e. The Labute approximate surface area is 178 Å². The van der Waals surface area contributed by atoms with Gasteiger partial charge in [-0.1, -0.05) is 42.0 Å². The Kier molecular flexibility index (Phi) is 5.73. The molecule has 2 aromatic heterocycles. The highest BCUT2D eigenvalue weighted by molar-refractivity contribution is 5.73. The molecular weight excluding hydrogens is 396 g/mol. The van der Waals surface area contributed by atoms with E-state index in [0.29, 0.717) is 29.1 Å². The first-order chi connectivity index (χ1) is 15.0. The first kappa shape index (κ1) is 20.6. The highest BCUT2D eigenvalue weighted by atomic mass is 16.5. The number of fused-ring (bicyclic) bond motifs is 1. The van der Waals surface area contributed by atoms with Crippen LogP contribution in [-0.2, 0) is 17.8 Å². The summed E-state index contributed by atoms with van der Waals surface area (Å²) >= 11 is 0. The fraction of sp³-hybridized carbons (Fsp3) is 0.261. The van der Waals surface area contributed by atoms with Gasteiger partial charge in [0.05, 0.1) is 32.3 Å². The minimum atomic E-state index is -0.486. The average Bonchev–Trinajstić information content (AvgIpc) is 3.17. The summed E-state index contributed by atoms with van der Waals surface area (Å²) in [5, 5.41) is 0. The predicted octanol–water partition coefficient (Wildman–Crippen LogP) is 2.36. The fourth-order valence-electron chi connectivity index (χ4n) is 3.72. The number of methoxy groups -OCH3 is 2. The van der Waals surface area contributed by atoms with Crippen LogP contribution in [0.25, 0.3) is 16.9 Å². The van der Waals surface area contributed by atoms with Crippen molar-refractivity contribution in [2.75, 3.05) is 20.8 Å². The van der Waals surface area contributed by atoms with E-state index in [1.54, 1.807) is 30.1 Å². The molecule has 4 rings (SSSR count). The van der Waals surface area contributed by atoms with Crippen LogP contribution >= 0.6 is 0 Å². The van der Waals surface area contributed by atoms with Crippen molar-refractivity contribution >= 4 is 11.2 Å². The molecular formula is C23H24N4O4. The molecule has 0 saturated heterocycles. The van der Waals surface area contributed by atoms with Crippen LogP contribution in [0, 0.1) is 6.92 Å². The Hall–Kier alpha value is -3.65. The smallest absolute Gasteiger partial charge is 0.337 e. The zero-order valence-corrected chi connectivity index (χ0v) is 17.7. The van der Waals surface area contributed by atoms with Crippen LogP contribution in [0.2, 0.25) is 0 Å². The van der Waals surface area contributed by atoms with Crippen molar-refractivity contribution in [3.63, 3.8) is 0 Å². The molecule has 0 unspecified atom stereocenters. The fourth-order valence-corrected chi connectivity index (χ4v) is 3.72. The maximum Gasteiger partial charge on any atom is 0.337 e. The van der Waals surface area contributed by atoms with E-state index in [-0.39, 0.29) is 13.2 Å². The maximum absolute atomic E-state index is 13.4. The summed E-state index contributed by atoms with van der Waals surface area (Å²) in [6, 6.07) is 15.2. The lowest BCUT2D eigenvalue weighted by molar-refractivity contribution is 0.184. The normalized spacial score (nSPS) is 11.2. The highest BCUT2D eigenvalue weighted by Gasteiger charge is 2.21. The molecule has 0 saturated carbocycles. The van der Waals surface area contributed by atoms with Crippen LogP contribution in [0.1, 0.15) is 11.1 Å². The monoisotopic (exact) mass is 420 g/mol. The number of imidazole rings is 1. The van der Waals surface area contributed by atoms with Gasteiger partial charge < -0.3 is 14.0 Å². The Balaban J connectivity index is 2.00. The van der Waals surface area contributed by atoms with Crippen molar-refractivity contribution in [3.8, 4) is 11.4 Å². The molecule has 0 bridgehead atoms. The van der Waals surface area contributed by atoms with E-state index in [2.05, 4.69) is 11.1 Å². The molecule has 0 aliphatic rings. The van der Waals surface area contributed by atoms with Gasteiger partial charge in [-0.15, -0.1) is 0 Å². The molecule has 0 spiro atoms. The first-order valence-corrected chi connectivity index (χ1v) is 9.93. The number of nitrogens with zero attached hydrogens (tertiary/aromatic N) is 4. The molecule has 0 fully saturated rings. The third-order valence-corrected chi connectivity index (χ3v) is 5.18. The van der Waals surface area contributed by atoms with Crippen molar-refractivity contribution < 1.29 is 9.47 Å². The lowest BCUT2D eigenvalue weighted by atomic mass is 10.1. The summed E-state index contributed by atoms with van der Waals surface area (Å²) < 4.78 is 15.0. The number of hydrogen-bond acceptors (Lipinski definition) is 5. The Morgan fingerprint density at radius 1 is 1.03 bits per heavy atom. The predicted molar refractivity (Wildman–Crippen MR) is 118 cm³/mol. The van der Waals surface area contributed by atoms with Gasteiger partial charge in [0.1, 0.15) is 5.75 Å². The molecule has 0 amide bonds. The number of hydrogen-bond donors (Lipinski definition) is 0. The van der Waals surface area contributed by atoms with Crippen LogP contribution in [0.4, 0.5) is 0 Å². The number of benzene rings is 2. The van der Waals surface area contributed by atoms with E-state index in [4.69, 9.17) is 9.47 Å². The van der Waals surface area contributed by atoms with Gasteiger partial charge in [-0.05, 0) is 24.6 Å². The van der Waals surface area contributed by atoms with Crippen LogP contribution < -0.4 is 16.0 Å². The van der Waals surface area contributed by atoms with E-state index in [1.807, 2.05) is 37.3 Å². The summed E-state index contributed by atoms with van der Waals surface area (Å²) in [5.74, 6) is 0.510. The van der Waals surface area contributed by atoms with Crippen molar-refractivity contribution in [2.24, 2.45) is 0 Å². The minimum absolute atomic E-state index is 0.134. The summed E-state index contributed by atoms with van der Waals surface area (Å²) in [7, 11) is 3.07. The summed E-state index contributed by atoms with van der Waals surface area (Å²) in [6.07, 6.45) is 1.60. The second-order valence-electron chi connectivity index (χ2n) is 7.27. The number of aryl methyl sites for hydroxylation is 1. The van der Waals surface area contributed by atoms with E-state index >= 15 is 0 Å². The van der Waals surface area contributed by atoms with Crippen LogP contribution in [-0.4, -0.2) is 39.5 Å². The lowest BCUT2D eigenvalue weighted by Gasteiger charge is -2.14. The molecule has 0 atom stereocenters. The van der Waals surface area contributed by atoms with Gasteiger partial charge >= 0.3 is 5.69 Å². The number of aromatic nitrogens is 4. The molecule has 8 nitrogen and oxygen atoms in total. The zero-order valence-electron chi connectivity index (χ0n) is 17.7. The topological polar surface area (TPSA) is 80.3 Å². The second kappa shape index (κ2) is 8.61. The Morgan fingerprint density at radius 2 is 1.84 bits per heavy atom. The van der Waals surface area contributed by atoms with Gasteiger partial charge in [-0.2, -0.15) is 0 Å². The molecule has 0 N–H and O–H groups in total. The third-order valence-electron chi connectivity index (χ3n) is 5.18. The Morgan fingerprint density at radius 3 is 2.58 bits per heavy atom. The van der Waals surface area contributed by atoms with E-state index in [1.165, 1.54) is 16.2 Å². The molecule has 8 heteroatoms. The maximum atomic E-state index is 13.4. The van der Waals surface area contributed by atoms with Crippen molar-refractivity contribution in [2.45, 2.75) is 20.0 Å². The van der Waals surface area contributed by atoms with E-state index < -0.39 is 11.2 Å². The molecule has 0 aliphatic heterocycles. The summed E-state index contributed by atoms with van der Waals surface area (Å²) in [4.78, 5) is 31.1. The van der Waals surface area contributed by atoms with Crippen molar-refractivity contribution in [3.05, 3.63) is 86.8 Å². The SMILES string of the molecule is COCCn1c(=O)c2c(ncn2Cc2cccc(C)c2)n(-c2ccccc2OC)c1=O. The summed E-state index contributed by atoms with van der Waals surface area (Å²) in [6.45, 7) is 2.85. The van der Waals surface area contributed by atoms with Gasteiger partial charge in [0, 0.05) is 13.7 Å². The molecule has 160 valence electrons. The standard InChI is InChI=1S/C23H24N4O4/c1-16-7-6-8-17(13-16)14-25-15-24-21-20(25)22(28)26(11-12-30-2)23(29)27(21)18-9-4-5-10-19(18)31-3/h4-10,13,15H,11-12,14H2,1-3H3. The van der Waals surface area contributed by atoms with E-state index in [0.717, 1.165) is 11.1 Å². The second-order valence-corrected chi connectivity index (χ2v) is 7.27. The molecule has 0 aliphatic carbocycles. The molecule has 31 heavy (non-hydrogen) atoms. The number of rotatable bonds is 7. The number of ether oxygens (including phenoxy) is 2. The first-order valence-electron chi connectivity index (χ1n) is 9.93. The van der Waals surface area contributed by atoms with Crippen LogP contribution in [0.3, 0.4) is 0 Å². The van der Waals surface area contributed by atoms with Gasteiger partial charge in [0.15, 0.2) is 11.2 Å². The average molecular weight is 420 g/mol. The van der Waals surface area contributed by atoms with Crippen molar-refractivity contribution in [1.82, 2.24) is 18.7 Å². The van der Waals surface area contributed by atoms with Gasteiger partial charge in [0.2, 0.25) is 0 Å². The Bertz CT molecular complexity index is 1350. The molecule has 2 aromatic carbocycles. The molecule has 2 heterocycles. The van der Waals surface area contributed by atoms with Crippen LogP contribution in [0.15, 0.2) is 64.4 Å². The number of para-hydroxylation sites is 2. The van der Waals surface area contributed by atoms with Crippen LogP contribution in [0.5, 0.6) is 5.75 Å². The molecule has 0 radical (unpaired) electrons. The lowest BCUT2D eigenvalue weighted by Crippen LogP contribution is -2.41. The van der Waals surface area contributed by atoms with E-state index in [9.17, 15) is 9.59 Å². The minimum Gasteiger partial charge on any atom is -0.495 e.